The molecule has 1 aliphatic carbocycles. The van der Waals surface area contributed by atoms with Gasteiger partial charge in [-0.1, -0.05) is 66.7 Å². The molecule has 2 heteroatoms. The van der Waals surface area contributed by atoms with E-state index in [1.807, 2.05) is 48.6 Å². The highest BCUT2D eigenvalue weighted by Gasteiger charge is 2.34. The third-order valence-corrected chi connectivity index (χ3v) is 4.51. The van der Waals surface area contributed by atoms with Gasteiger partial charge in [0.15, 0.2) is 0 Å². The van der Waals surface area contributed by atoms with E-state index in [0.29, 0.717) is 12.0 Å². The minimum Gasteiger partial charge on any atom is -0.192 e. The summed E-state index contributed by atoms with van der Waals surface area (Å²) in [6.07, 6.45) is 4.63. The molecular formula is C19H15NS. The summed E-state index contributed by atoms with van der Waals surface area (Å²) in [6.45, 7) is 0. The number of hydrogen-bond donors (Lipinski definition) is 1. The van der Waals surface area contributed by atoms with Crippen LogP contribution in [0.3, 0.4) is 0 Å². The van der Waals surface area contributed by atoms with Gasteiger partial charge in [0.05, 0.1) is 10.8 Å². The van der Waals surface area contributed by atoms with Crippen LogP contribution in [0.2, 0.25) is 0 Å². The molecular weight excluding hydrogens is 274 g/mol. The van der Waals surface area contributed by atoms with Crippen molar-refractivity contribution in [3.8, 4) is 6.07 Å². The molecule has 0 fully saturated rings. The molecule has 0 amide bonds. The standard InChI is InChI=1S/C19H15NS/c20-14-15-11-12-19(21,17-9-5-2-6-10-17)18(13-15)16-7-3-1-4-8-16/h1-11,13,21H,12H2. The molecule has 0 N–H and O–H groups in total. The van der Waals surface area contributed by atoms with Crippen LogP contribution in [0, 0.1) is 11.3 Å². The summed E-state index contributed by atoms with van der Waals surface area (Å²) in [6, 6.07) is 22.7. The van der Waals surface area contributed by atoms with Gasteiger partial charge in [-0.15, -0.1) is 0 Å². The summed E-state index contributed by atoms with van der Waals surface area (Å²) in [5.41, 5.74) is 4.04. The molecule has 0 aromatic heterocycles. The van der Waals surface area contributed by atoms with Crippen molar-refractivity contribution in [1.82, 2.24) is 0 Å². The van der Waals surface area contributed by atoms with Crippen molar-refractivity contribution in [2.75, 3.05) is 0 Å². The first kappa shape index (κ1) is 13.7. The van der Waals surface area contributed by atoms with Gasteiger partial charge < -0.3 is 0 Å². The van der Waals surface area contributed by atoms with Crippen LogP contribution in [-0.4, -0.2) is 0 Å². The highest BCUT2D eigenvalue weighted by Crippen LogP contribution is 2.47. The van der Waals surface area contributed by atoms with Gasteiger partial charge in [-0.2, -0.15) is 17.9 Å². The lowest BCUT2D eigenvalue weighted by Crippen LogP contribution is -2.23. The maximum absolute atomic E-state index is 9.21. The maximum Gasteiger partial charge on any atom is 0.0988 e. The van der Waals surface area contributed by atoms with E-state index in [2.05, 4.69) is 30.3 Å². The van der Waals surface area contributed by atoms with Gasteiger partial charge in [-0.05, 0) is 29.2 Å². The Labute approximate surface area is 130 Å². The second-order valence-corrected chi connectivity index (χ2v) is 5.89. The molecule has 0 bridgehead atoms. The van der Waals surface area contributed by atoms with E-state index >= 15 is 0 Å². The average molecular weight is 289 g/mol. The molecule has 0 saturated heterocycles. The molecule has 2 aromatic carbocycles. The van der Waals surface area contributed by atoms with Crippen molar-refractivity contribution in [2.24, 2.45) is 0 Å². The Morgan fingerprint density at radius 1 is 0.952 bits per heavy atom. The van der Waals surface area contributed by atoms with Gasteiger partial charge in [0.2, 0.25) is 0 Å². The molecule has 2 aromatic rings. The molecule has 1 aliphatic rings. The summed E-state index contributed by atoms with van der Waals surface area (Å²) in [5, 5.41) is 9.21. The average Bonchev–Trinajstić information content (AvgIpc) is 2.57. The van der Waals surface area contributed by atoms with Gasteiger partial charge in [0, 0.05) is 5.57 Å². The Morgan fingerprint density at radius 3 is 2.19 bits per heavy atom. The third kappa shape index (κ3) is 2.53. The largest absolute Gasteiger partial charge is 0.192 e. The Bertz CT molecular complexity index is 738. The molecule has 1 unspecified atom stereocenters. The minimum absolute atomic E-state index is 0.400. The summed E-state index contributed by atoms with van der Waals surface area (Å²) < 4.78 is -0.400. The van der Waals surface area contributed by atoms with Gasteiger partial charge in [0.25, 0.3) is 0 Å². The van der Waals surface area contributed by atoms with Gasteiger partial charge in [0.1, 0.15) is 0 Å². The van der Waals surface area contributed by atoms with Gasteiger partial charge in [-0.25, -0.2) is 0 Å². The van der Waals surface area contributed by atoms with Crippen molar-refractivity contribution in [3.63, 3.8) is 0 Å². The van der Waals surface area contributed by atoms with Crippen molar-refractivity contribution in [2.45, 2.75) is 11.2 Å². The highest BCUT2D eigenvalue weighted by molar-refractivity contribution is 7.82. The van der Waals surface area contributed by atoms with E-state index in [1.54, 1.807) is 0 Å². The van der Waals surface area contributed by atoms with E-state index < -0.39 is 4.75 Å². The molecule has 0 saturated carbocycles. The molecule has 0 radical (unpaired) electrons. The number of allylic oxidation sites excluding steroid dienone is 3. The minimum atomic E-state index is -0.400. The molecule has 0 spiro atoms. The molecule has 1 atom stereocenters. The van der Waals surface area contributed by atoms with E-state index in [4.69, 9.17) is 12.6 Å². The second-order valence-electron chi connectivity index (χ2n) is 5.13. The molecule has 0 aliphatic heterocycles. The fourth-order valence-electron chi connectivity index (χ4n) is 2.71. The summed E-state index contributed by atoms with van der Waals surface area (Å²) in [5.74, 6) is 0. The second kappa shape index (κ2) is 5.63. The Hall–Kier alpha value is -2.24. The smallest absolute Gasteiger partial charge is 0.0988 e. The van der Waals surface area contributed by atoms with Crippen LogP contribution in [0.5, 0.6) is 0 Å². The fourth-order valence-corrected chi connectivity index (χ4v) is 3.14. The first-order valence-electron chi connectivity index (χ1n) is 6.90. The van der Waals surface area contributed by atoms with E-state index in [1.165, 1.54) is 0 Å². The third-order valence-electron chi connectivity index (χ3n) is 3.83. The Morgan fingerprint density at radius 2 is 1.57 bits per heavy atom. The van der Waals surface area contributed by atoms with Gasteiger partial charge in [-0.3, -0.25) is 0 Å². The number of rotatable bonds is 2. The lowest BCUT2D eigenvalue weighted by molar-refractivity contribution is 0.804. The molecule has 3 rings (SSSR count). The van der Waals surface area contributed by atoms with Crippen LogP contribution in [0.25, 0.3) is 5.57 Å². The van der Waals surface area contributed by atoms with Crippen LogP contribution < -0.4 is 0 Å². The van der Waals surface area contributed by atoms with Crippen molar-refractivity contribution in [1.29, 1.82) is 5.26 Å². The van der Waals surface area contributed by atoms with E-state index in [9.17, 15) is 5.26 Å². The van der Waals surface area contributed by atoms with Crippen LogP contribution in [-0.2, 0) is 4.75 Å². The number of nitriles is 1. The summed E-state index contributed by atoms with van der Waals surface area (Å²) in [7, 11) is 0. The topological polar surface area (TPSA) is 23.8 Å². The number of benzene rings is 2. The zero-order valence-corrected chi connectivity index (χ0v) is 12.4. The van der Waals surface area contributed by atoms with Crippen molar-refractivity contribution in [3.05, 3.63) is 89.5 Å². The van der Waals surface area contributed by atoms with Crippen molar-refractivity contribution < 1.29 is 0 Å². The predicted octanol–water partition coefficient (Wildman–Crippen LogP) is 4.75. The Kier molecular flexibility index (Phi) is 3.68. The fraction of sp³-hybridized carbons (Fsp3) is 0.105. The first-order valence-corrected chi connectivity index (χ1v) is 7.34. The molecule has 21 heavy (non-hydrogen) atoms. The zero-order chi connectivity index (χ0) is 14.7. The number of nitrogens with zero attached hydrogens (tertiary/aromatic N) is 1. The van der Waals surface area contributed by atoms with Crippen LogP contribution in [0.1, 0.15) is 17.5 Å². The SMILES string of the molecule is N#CC1=CCC(S)(c2ccccc2)C(c2ccccc2)=C1. The van der Waals surface area contributed by atoms with Crippen molar-refractivity contribution >= 4 is 18.2 Å². The highest BCUT2D eigenvalue weighted by atomic mass is 32.1. The van der Waals surface area contributed by atoms with E-state index in [-0.39, 0.29) is 0 Å². The lowest BCUT2D eigenvalue weighted by Gasteiger charge is -2.34. The van der Waals surface area contributed by atoms with Gasteiger partial charge >= 0.3 is 0 Å². The van der Waals surface area contributed by atoms with Crippen LogP contribution in [0.15, 0.2) is 78.4 Å². The van der Waals surface area contributed by atoms with E-state index in [0.717, 1.165) is 16.7 Å². The normalized spacial score (nSPS) is 21.1. The number of hydrogen-bond acceptors (Lipinski definition) is 2. The lowest BCUT2D eigenvalue weighted by atomic mass is 9.79. The van der Waals surface area contributed by atoms with Crippen LogP contribution >= 0.6 is 12.6 Å². The predicted molar refractivity (Wildman–Crippen MR) is 89.8 cm³/mol. The first-order chi connectivity index (χ1) is 10.2. The summed E-state index contributed by atoms with van der Waals surface area (Å²) >= 11 is 5.00. The molecule has 0 heterocycles. The Balaban J connectivity index is 2.16. The molecule has 102 valence electrons. The quantitative estimate of drug-likeness (QED) is 0.793. The zero-order valence-electron chi connectivity index (χ0n) is 11.5. The number of thiol groups is 1. The van der Waals surface area contributed by atoms with Crippen LogP contribution in [0.4, 0.5) is 0 Å². The molecule has 1 nitrogen and oxygen atoms in total. The summed E-state index contributed by atoms with van der Waals surface area (Å²) in [4.78, 5) is 0. The monoisotopic (exact) mass is 289 g/mol. The maximum atomic E-state index is 9.21.